The van der Waals surface area contributed by atoms with Crippen molar-refractivity contribution in [2.45, 2.75) is 128 Å². The number of quaternary nitrogens is 2. The average Bonchev–Trinajstić information content (AvgIpc) is 3.04. The summed E-state index contributed by atoms with van der Waals surface area (Å²) in [6, 6.07) is 6.66. The number of anilines is 2. The molecule has 10 nitrogen and oxygen atoms in total. The lowest BCUT2D eigenvalue weighted by atomic mass is 10.0. The van der Waals surface area contributed by atoms with E-state index in [1.807, 2.05) is 9.80 Å². The van der Waals surface area contributed by atoms with E-state index in [1.54, 1.807) is 0 Å². The fraction of sp³-hybridized carbons (Fsp3) is 0.667. The zero-order valence-electron chi connectivity index (χ0n) is 30.6. The molecular weight excluding hydrogens is 649 g/mol. The monoisotopic (exact) mass is 714 g/mol. The highest BCUT2D eigenvalue weighted by Gasteiger charge is 2.18. The molecule has 0 radical (unpaired) electrons. The molecule has 2 aromatic rings. The Labute approximate surface area is 293 Å². The molecule has 0 aliphatic heterocycles. The lowest BCUT2D eigenvalue weighted by Crippen LogP contribution is -3.12. The van der Waals surface area contributed by atoms with E-state index < -0.39 is 30.0 Å². The first kappa shape index (κ1) is 45.8. The van der Waals surface area contributed by atoms with Crippen LogP contribution in [0.4, 0.5) is 11.4 Å². The average molecular weight is 715 g/mol. The van der Waals surface area contributed by atoms with Gasteiger partial charge in [-0.2, -0.15) is 0 Å². The zero-order chi connectivity index (χ0) is 36.6. The van der Waals surface area contributed by atoms with Crippen LogP contribution < -0.4 is 21.3 Å². The molecular formula is C36H66N4O6S2. The molecule has 0 spiro atoms. The molecule has 48 heavy (non-hydrogen) atoms. The van der Waals surface area contributed by atoms with Crippen molar-refractivity contribution in [1.82, 2.24) is 0 Å². The molecule has 0 unspecified atom stereocenters. The molecule has 0 fully saturated rings. The summed E-state index contributed by atoms with van der Waals surface area (Å²) in [5, 5.41) is 0. The highest BCUT2D eigenvalue weighted by Crippen LogP contribution is 2.34. The normalized spacial score (nSPS) is 11.6. The number of nitrogens with two attached hydrogens (primary N) is 2. The Hall–Kier alpha value is -2.22. The van der Waals surface area contributed by atoms with Gasteiger partial charge in [0.05, 0.1) is 49.1 Å². The summed E-state index contributed by atoms with van der Waals surface area (Å²) in [6.45, 7) is 22.1. The molecule has 0 bridgehead atoms. The second kappa shape index (κ2) is 25.7. The minimum atomic E-state index is -4.93. The maximum Gasteiger partial charge on any atom is 0.125 e. The van der Waals surface area contributed by atoms with Gasteiger partial charge < -0.3 is 30.4 Å². The van der Waals surface area contributed by atoms with Crippen LogP contribution >= 0.6 is 0 Å². The third-order valence-electron chi connectivity index (χ3n) is 8.14. The van der Waals surface area contributed by atoms with Crippen molar-refractivity contribution in [3.05, 3.63) is 36.4 Å². The first-order valence-corrected chi connectivity index (χ1v) is 20.9. The van der Waals surface area contributed by atoms with Crippen molar-refractivity contribution in [3.8, 4) is 11.1 Å². The predicted molar refractivity (Wildman–Crippen MR) is 197 cm³/mol. The molecule has 2 rings (SSSR count). The molecule has 0 aliphatic rings. The molecule has 0 atom stereocenters. The number of unbranched alkanes of at least 4 members (excludes halogenated alkanes) is 6. The SMILES string of the molecule is CCCC[NH+](CCCC)CCCC.CCCC[NH+](CCCC)CCCC.Nc1ccc(-c2ccc(N)cc2S(=O)(=O)[O-])c(S(=O)(=O)[O-])c1. The number of nitrogens with one attached hydrogen (secondary N) is 2. The van der Waals surface area contributed by atoms with E-state index in [4.69, 9.17) is 11.5 Å². The first-order valence-electron chi connectivity index (χ1n) is 18.1. The highest BCUT2D eigenvalue weighted by atomic mass is 32.2. The van der Waals surface area contributed by atoms with Crippen LogP contribution in [0.5, 0.6) is 0 Å². The van der Waals surface area contributed by atoms with Crippen LogP contribution in [0, 0.1) is 0 Å². The Kier molecular flexibility index (Phi) is 24.5. The second-order valence-electron chi connectivity index (χ2n) is 12.5. The molecule has 2 aromatic carbocycles. The summed E-state index contributed by atoms with van der Waals surface area (Å²) < 4.78 is 68.1. The number of rotatable bonds is 21. The van der Waals surface area contributed by atoms with Gasteiger partial charge in [0, 0.05) is 22.5 Å². The van der Waals surface area contributed by atoms with Crippen molar-refractivity contribution >= 4 is 31.6 Å². The maximum atomic E-state index is 11.3. The summed E-state index contributed by atoms with van der Waals surface area (Å²) in [4.78, 5) is 2.24. The molecule has 0 aromatic heterocycles. The quantitative estimate of drug-likeness (QED) is 0.105. The van der Waals surface area contributed by atoms with Gasteiger partial charge in [-0.1, -0.05) is 92.2 Å². The van der Waals surface area contributed by atoms with Gasteiger partial charge in [-0.05, 0) is 62.8 Å². The smallest absolute Gasteiger partial charge is 0.125 e. The molecule has 0 aliphatic carbocycles. The summed E-state index contributed by atoms with van der Waals surface area (Å²) in [6.07, 6.45) is 16.5. The van der Waals surface area contributed by atoms with Gasteiger partial charge in [-0.3, -0.25) is 0 Å². The number of hydrogen-bond donors (Lipinski definition) is 4. The van der Waals surface area contributed by atoms with Gasteiger partial charge in [0.2, 0.25) is 0 Å². The van der Waals surface area contributed by atoms with E-state index in [-0.39, 0.29) is 22.5 Å². The fourth-order valence-corrected chi connectivity index (χ4v) is 6.70. The Morgan fingerprint density at radius 2 is 0.708 bits per heavy atom. The lowest BCUT2D eigenvalue weighted by molar-refractivity contribution is -0.900. The Bertz CT molecular complexity index is 1210. The van der Waals surface area contributed by atoms with E-state index in [0.717, 1.165) is 24.3 Å². The number of benzene rings is 2. The van der Waals surface area contributed by atoms with Crippen molar-refractivity contribution in [3.63, 3.8) is 0 Å². The molecule has 0 saturated carbocycles. The van der Waals surface area contributed by atoms with Crippen LogP contribution in [0.25, 0.3) is 11.1 Å². The largest absolute Gasteiger partial charge is 0.744 e. The lowest BCUT2D eigenvalue weighted by Gasteiger charge is -2.18. The van der Waals surface area contributed by atoms with Crippen molar-refractivity contribution in [2.24, 2.45) is 0 Å². The van der Waals surface area contributed by atoms with Gasteiger partial charge in [0.1, 0.15) is 20.2 Å². The number of hydrogen-bond acceptors (Lipinski definition) is 8. The van der Waals surface area contributed by atoms with Crippen LogP contribution in [0.2, 0.25) is 0 Å². The fourth-order valence-electron chi connectivity index (χ4n) is 5.25. The summed E-state index contributed by atoms with van der Waals surface area (Å²) in [7, 11) is -9.87. The number of nitrogen functional groups attached to an aromatic ring is 2. The molecule has 6 N–H and O–H groups in total. The first-order chi connectivity index (χ1) is 22.7. The van der Waals surface area contributed by atoms with E-state index in [2.05, 4.69) is 41.5 Å². The minimum Gasteiger partial charge on any atom is -0.744 e. The van der Waals surface area contributed by atoms with Crippen molar-refractivity contribution < 1.29 is 35.7 Å². The van der Waals surface area contributed by atoms with E-state index in [0.29, 0.717) is 0 Å². The van der Waals surface area contributed by atoms with Crippen LogP contribution in [0.1, 0.15) is 119 Å². The van der Waals surface area contributed by atoms with E-state index in [9.17, 15) is 25.9 Å². The van der Waals surface area contributed by atoms with Crippen molar-refractivity contribution in [1.29, 1.82) is 0 Å². The Morgan fingerprint density at radius 1 is 0.479 bits per heavy atom. The van der Waals surface area contributed by atoms with E-state index in [1.165, 1.54) is 128 Å². The minimum absolute atomic E-state index is 0.000139. The Morgan fingerprint density at radius 3 is 0.896 bits per heavy atom. The zero-order valence-corrected chi connectivity index (χ0v) is 32.2. The Balaban J connectivity index is 0.000000738. The van der Waals surface area contributed by atoms with E-state index >= 15 is 0 Å². The second-order valence-corrected chi connectivity index (χ2v) is 15.2. The summed E-state index contributed by atoms with van der Waals surface area (Å²) in [5.41, 5.74) is 10.4. The van der Waals surface area contributed by atoms with Gasteiger partial charge in [-0.25, -0.2) is 16.8 Å². The van der Waals surface area contributed by atoms with Gasteiger partial charge in [0.15, 0.2) is 0 Å². The standard InChI is InChI=1S/C12H12N2O6S2.2C12H27N/c13-7-1-3-9(11(5-7)21(15,16)17)10-4-2-8(14)6-12(10)22(18,19)20;2*1-4-7-10-13(11-8-5-2)12-9-6-3/h1-6H,13-14H2,(H,15,16,17)(H,18,19,20);2*4-12H2,1-3H3. The molecule has 12 heteroatoms. The van der Waals surface area contributed by atoms with Crippen LogP contribution in [-0.2, 0) is 20.2 Å². The molecule has 0 saturated heterocycles. The third-order valence-corrected chi connectivity index (χ3v) is 9.90. The van der Waals surface area contributed by atoms with Gasteiger partial charge >= 0.3 is 0 Å². The molecule has 0 amide bonds. The van der Waals surface area contributed by atoms with Crippen LogP contribution in [0.15, 0.2) is 46.2 Å². The van der Waals surface area contributed by atoms with Crippen LogP contribution in [-0.4, -0.2) is 65.2 Å². The summed E-state index contributed by atoms with van der Waals surface area (Å²) in [5.74, 6) is 0. The highest BCUT2D eigenvalue weighted by molar-refractivity contribution is 7.86. The van der Waals surface area contributed by atoms with Crippen molar-refractivity contribution in [2.75, 3.05) is 50.7 Å². The summed E-state index contributed by atoms with van der Waals surface area (Å²) >= 11 is 0. The van der Waals surface area contributed by atoms with Gasteiger partial charge in [0.25, 0.3) is 0 Å². The topological polar surface area (TPSA) is 175 Å². The van der Waals surface area contributed by atoms with Crippen LogP contribution in [0.3, 0.4) is 0 Å². The predicted octanol–water partition coefficient (Wildman–Crippen LogP) is 4.87. The molecule has 278 valence electrons. The molecule has 0 heterocycles. The third kappa shape index (κ3) is 19.7. The van der Waals surface area contributed by atoms with Gasteiger partial charge in [-0.15, -0.1) is 0 Å². The maximum absolute atomic E-state index is 11.3.